The van der Waals surface area contributed by atoms with Crippen LogP contribution in [-0.4, -0.2) is 57.4 Å². The minimum absolute atomic E-state index is 0.124. The van der Waals surface area contributed by atoms with E-state index in [2.05, 4.69) is 20.2 Å². The van der Waals surface area contributed by atoms with Crippen LogP contribution < -0.4 is 11.1 Å². The lowest BCUT2D eigenvalue weighted by Gasteiger charge is -2.26. The summed E-state index contributed by atoms with van der Waals surface area (Å²) in [6, 6.07) is 10.6. The van der Waals surface area contributed by atoms with Crippen LogP contribution in [0.1, 0.15) is 6.42 Å². The summed E-state index contributed by atoms with van der Waals surface area (Å²) in [5.74, 6) is 0.288. The van der Waals surface area contributed by atoms with Gasteiger partial charge < -0.3 is 19.6 Å². The molecule has 0 bridgehead atoms. The van der Waals surface area contributed by atoms with E-state index < -0.39 is 0 Å². The number of hydrogen-bond acceptors (Lipinski definition) is 8. The molecular weight excluding hydrogens is 398 g/mol. The number of fused-ring (bicyclic) bond motifs is 2. The minimum Gasteiger partial charge on any atom is -0.506 e. The van der Waals surface area contributed by atoms with Gasteiger partial charge in [0.25, 0.3) is 0 Å². The molecule has 0 unspecified atom stereocenters. The highest BCUT2D eigenvalue weighted by Crippen LogP contribution is 2.30. The van der Waals surface area contributed by atoms with Crippen molar-refractivity contribution in [1.29, 1.82) is 0 Å². The first-order valence-electron chi connectivity index (χ1n) is 10.3. The van der Waals surface area contributed by atoms with E-state index in [4.69, 9.17) is 9.15 Å². The summed E-state index contributed by atoms with van der Waals surface area (Å²) in [6.07, 6.45) is 2.27. The second kappa shape index (κ2) is 8.37. The Morgan fingerprint density at radius 3 is 2.77 bits per heavy atom. The van der Waals surface area contributed by atoms with E-state index in [1.54, 1.807) is 28.8 Å². The minimum atomic E-state index is -0.379. The number of benzene rings is 2. The summed E-state index contributed by atoms with van der Waals surface area (Å²) in [6.45, 7) is 4.82. The molecule has 2 aromatic heterocycles. The van der Waals surface area contributed by atoms with Crippen molar-refractivity contribution < 1.29 is 14.3 Å². The molecule has 0 atom stereocenters. The molecule has 0 spiro atoms. The van der Waals surface area contributed by atoms with E-state index in [-0.39, 0.29) is 11.5 Å². The molecule has 0 saturated carbocycles. The van der Waals surface area contributed by atoms with Crippen LogP contribution in [0.25, 0.3) is 22.0 Å². The molecule has 0 amide bonds. The number of aromatic hydroxyl groups is 1. The van der Waals surface area contributed by atoms with Gasteiger partial charge >= 0.3 is 5.76 Å². The van der Waals surface area contributed by atoms with Crippen molar-refractivity contribution in [3.05, 3.63) is 53.3 Å². The van der Waals surface area contributed by atoms with Crippen molar-refractivity contribution in [1.82, 2.24) is 19.4 Å². The van der Waals surface area contributed by atoms with E-state index in [0.717, 1.165) is 44.7 Å². The zero-order valence-corrected chi connectivity index (χ0v) is 17.0. The molecular formula is C22H23N5O4. The maximum absolute atomic E-state index is 12.5. The van der Waals surface area contributed by atoms with Crippen LogP contribution in [-0.2, 0) is 11.3 Å². The van der Waals surface area contributed by atoms with Gasteiger partial charge in [0.2, 0.25) is 0 Å². The van der Waals surface area contributed by atoms with Crippen LogP contribution in [0, 0.1) is 0 Å². The molecule has 5 rings (SSSR count). The molecule has 31 heavy (non-hydrogen) atoms. The van der Waals surface area contributed by atoms with Crippen molar-refractivity contribution in [3.63, 3.8) is 0 Å². The highest BCUT2D eigenvalue weighted by Gasteiger charge is 2.15. The highest BCUT2D eigenvalue weighted by atomic mass is 16.5. The molecule has 0 radical (unpaired) electrons. The first-order valence-corrected chi connectivity index (χ1v) is 10.3. The van der Waals surface area contributed by atoms with Crippen LogP contribution in [0.2, 0.25) is 0 Å². The number of aromatic nitrogens is 3. The van der Waals surface area contributed by atoms with Crippen molar-refractivity contribution in [2.45, 2.75) is 13.0 Å². The van der Waals surface area contributed by atoms with Crippen molar-refractivity contribution in [2.24, 2.45) is 0 Å². The third-order valence-electron chi connectivity index (χ3n) is 5.54. The second-order valence-corrected chi connectivity index (χ2v) is 7.53. The molecule has 1 saturated heterocycles. The van der Waals surface area contributed by atoms with Crippen LogP contribution in [0.4, 0.5) is 11.5 Å². The lowest BCUT2D eigenvalue weighted by Crippen LogP contribution is -2.37. The average Bonchev–Trinajstić information content (AvgIpc) is 3.09. The summed E-state index contributed by atoms with van der Waals surface area (Å²) in [5, 5.41) is 14.0. The Hall–Kier alpha value is -3.43. The van der Waals surface area contributed by atoms with Gasteiger partial charge in [-0.05, 0) is 24.6 Å². The summed E-state index contributed by atoms with van der Waals surface area (Å²) >= 11 is 0. The van der Waals surface area contributed by atoms with E-state index in [1.165, 1.54) is 6.33 Å². The lowest BCUT2D eigenvalue weighted by molar-refractivity contribution is 0.0369. The number of para-hydroxylation sites is 2. The Bertz CT molecular complexity index is 1280. The van der Waals surface area contributed by atoms with Crippen molar-refractivity contribution in [2.75, 3.05) is 38.2 Å². The number of nitrogens with zero attached hydrogens (tertiary/aromatic N) is 4. The molecule has 9 heteroatoms. The zero-order valence-electron chi connectivity index (χ0n) is 17.0. The van der Waals surface area contributed by atoms with E-state index in [0.29, 0.717) is 34.7 Å². The van der Waals surface area contributed by atoms with Gasteiger partial charge in [-0.3, -0.25) is 9.47 Å². The third kappa shape index (κ3) is 3.97. The molecule has 1 fully saturated rings. The lowest BCUT2D eigenvalue weighted by atomic mass is 10.2. The Morgan fingerprint density at radius 1 is 1.10 bits per heavy atom. The van der Waals surface area contributed by atoms with Gasteiger partial charge in [-0.15, -0.1) is 0 Å². The van der Waals surface area contributed by atoms with Gasteiger partial charge in [0.05, 0.1) is 29.9 Å². The predicted octanol–water partition coefficient (Wildman–Crippen LogP) is 2.71. The molecule has 3 heterocycles. The molecule has 4 aromatic rings. The fraction of sp³-hybridized carbons (Fsp3) is 0.318. The third-order valence-corrected chi connectivity index (χ3v) is 5.54. The van der Waals surface area contributed by atoms with Crippen molar-refractivity contribution in [3.8, 4) is 5.75 Å². The van der Waals surface area contributed by atoms with Gasteiger partial charge in [-0.2, -0.15) is 0 Å². The highest BCUT2D eigenvalue weighted by molar-refractivity contribution is 5.98. The molecule has 1 aliphatic heterocycles. The Morgan fingerprint density at radius 2 is 1.94 bits per heavy atom. The molecule has 9 nitrogen and oxygen atoms in total. The molecule has 0 aliphatic carbocycles. The molecule has 2 N–H and O–H groups in total. The second-order valence-electron chi connectivity index (χ2n) is 7.53. The van der Waals surface area contributed by atoms with Gasteiger partial charge in [0.1, 0.15) is 17.9 Å². The van der Waals surface area contributed by atoms with Crippen LogP contribution in [0.5, 0.6) is 5.75 Å². The number of nitrogens with one attached hydrogen (secondary N) is 1. The van der Waals surface area contributed by atoms with Crippen LogP contribution in [0.3, 0.4) is 0 Å². The number of phenols is 1. The number of ether oxygens (including phenoxy) is 1. The van der Waals surface area contributed by atoms with Gasteiger partial charge in [0.15, 0.2) is 5.58 Å². The van der Waals surface area contributed by atoms with Crippen LogP contribution >= 0.6 is 0 Å². The van der Waals surface area contributed by atoms with Crippen LogP contribution in [0.15, 0.2) is 51.9 Å². The number of hydrogen-bond donors (Lipinski definition) is 2. The number of oxazole rings is 1. The summed E-state index contributed by atoms with van der Waals surface area (Å²) in [5.41, 5.74) is 2.39. The number of rotatable bonds is 6. The monoisotopic (exact) mass is 421 g/mol. The molecule has 2 aromatic carbocycles. The van der Waals surface area contributed by atoms with Gasteiger partial charge in [-0.1, -0.05) is 12.1 Å². The number of anilines is 2. The number of aryl methyl sites for hydroxylation is 1. The quantitative estimate of drug-likeness (QED) is 0.458. The fourth-order valence-corrected chi connectivity index (χ4v) is 3.91. The first-order chi connectivity index (χ1) is 15.2. The summed E-state index contributed by atoms with van der Waals surface area (Å²) < 4.78 is 12.5. The molecule has 1 aliphatic rings. The maximum Gasteiger partial charge on any atom is 0.419 e. The topological polar surface area (TPSA) is 106 Å². The van der Waals surface area contributed by atoms with E-state index in [9.17, 15) is 9.90 Å². The number of phenolic OH excluding ortho intramolecular Hbond substituents is 1. The number of morpholine rings is 1. The molecule has 160 valence electrons. The SMILES string of the molecule is O=c1oc2cc3ncnc(Nc4ccccc4O)c3cc2n1CCCN1CCOCC1. The Balaban J connectivity index is 1.46. The maximum atomic E-state index is 12.5. The van der Waals surface area contributed by atoms with Gasteiger partial charge in [0, 0.05) is 37.6 Å². The summed E-state index contributed by atoms with van der Waals surface area (Å²) in [7, 11) is 0. The van der Waals surface area contributed by atoms with Crippen molar-refractivity contribution >= 4 is 33.5 Å². The van der Waals surface area contributed by atoms with E-state index in [1.807, 2.05) is 12.1 Å². The fourth-order valence-electron chi connectivity index (χ4n) is 3.91. The average molecular weight is 421 g/mol. The Labute approximate surface area is 177 Å². The van der Waals surface area contributed by atoms with E-state index >= 15 is 0 Å². The first kappa shape index (κ1) is 19.5. The largest absolute Gasteiger partial charge is 0.506 e. The summed E-state index contributed by atoms with van der Waals surface area (Å²) in [4.78, 5) is 23.5. The predicted molar refractivity (Wildman–Crippen MR) is 117 cm³/mol. The smallest absolute Gasteiger partial charge is 0.419 e. The Kier molecular flexibility index (Phi) is 5.27. The van der Waals surface area contributed by atoms with Gasteiger partial charge in [-0.25, -0.2) is 14.8 Å². The normalized spacial score (nSPS) is 15.0. The standard InChI is InChI=1S/C22H23N5O4/c28-19-5-2-1-4-16(19)25-21-15-12-18-20(13-17(15)23-14-24-21)31-22(29)27(18)7-3-6-26-8-10-30-11-9-26/h1-2,4-5,12-14,28H,3,6-11H2,(H,23,24,25). The zero-order chi connectivity index (χ0) is 21.2.